The van der Waals surface area contributed by atoms with Crippen molar-refractivity contribution in [2.45, 2.75) is 51.1 Å². The van der Waals surface area contributed by atoms with E-state index < -0.39 is 0 Å². The molecule has 134 valence electrons. The molecule has 1 saturated carbocycles. The van der Waals surface area contributed by atoms with Gasteiger partial charge in [-0.15, -0.1) is 0 Å². The Bertz CT molecular complexity index is 688. The van der Waals surface area contributed by atoms with Crippen LogP contribution >= 0.6 is 0 Å². The Hall–Kier alpha value is -2.57. The number of imidazole rings is 1. The quantitative estimate of drug-likeness (QED) is 0.647. The van der Waals surface area contributed by atoms with Gasteiger partial charge in [0.1, 0.15) is 5.82 Å². The normalized spacial score (nSPS) is 15.0. The lowest BCUT2D eigenvalue weighted by Gasteiger charge is -2.22. The van der Waals surface area contributed by atoms with E-state index in [4.69, 9.17) is 0 Å². The van der Waals surface area contributed by atoms with Crippen molar-refractivity contribution < 1.29 is 9.59 Å². The van der Waals surface area contributed by atoms with Crippen LogP contribution in [0.4, 0.5) is 4.79 Å². The molecular weight excluding hydrogens is 318 g/mol. The fourth-order valence-corrected chi connectivity index (χ4v) is 3.13. The Morgan fingerprint density at radius 1 is 1.12 bits per heavy atom. The summed E-state index contributed by atoms with van der Waals surface area (Å²) in [7, 11) is 0. The molecule has 1 aliphatic carbocycles. The Balaban J connectivity index is 1.33. The van der Waals surface area contributed by atoms with Gasteiger partial charge in [0.2, 0.25) is 5.91 Å². The molecule has 1 fully saturated rings. The third-order valence-electron chi connectivity index (χ3n) is 4.47. The molecule has 0 bridgehead atoms. The summed E-state index contributed by atoms with van der Waals surface area (Å²) >= 11 is 0. The maximum absolute atomic E-state index is 11.9. The van der Waals surface area contributed by atoms with Crippen LogP contribution in [0.15, 0.2) is 24.3 Å². The van der Waals surface area contributed by atoms with Crippen LogP contribution in [-0.2, 0) is 11.3 Å². The number of carbonyl (C=O) groups excluding carboxylic acids is 2. The van der Waals surface area contributed by atoms with E-state index in [1.807, 2.05) is 24.3 Å². The van der Waals surface area contributed by atoms with E-state index in [2.05, 4.69) is 25.9 Å². The third-order valence-corrected chi connectivity index (χ3v) is 4.47. The van der Waals surface area contributed by atoms with Gasteiger partial charge < -0.3 is 20.9 Å². The molecule has 7 heteroatoms. The van der Waals surface area contributed by atoms with Crippen LogP contribution in [0, 0.1) is 0 Å². The lowest BCUT2D eigenvalue weighted by Crippen LogP contribution is -2.43. The lowest BCUT2D eigenvalue weighted by atomic mass is 9.96. The maximum atomic E-state index is 11.9. The summed E-state index contributed by atoms with van der Waals surface area (Å²) in [5, 5.41) is 8.53. The molecule has 3 amide bonds. The smallest absolute Gasteiger partial charge is 0.315 e. The molecular formula is C18H25N5O2. The molecule has 1 aromatic heterocycles. The largest absolute Gasteiger partial charge is 0.349 e. The topological polar surface area (TPSA) is 98.9 Å². The molecule has 1 aromatic carbocycles. The van der Waals surface area contributed by atoms with Crippen LogP contribution in [0.25, 0.3) is 11.0 Å². The zero-order valence-corrected chi connectivity index (χ0v) is 14.3. The predicted octanol–water partition coefficient (Wildman–Crippen LogP) is 2.20. The van der Waals surface area contributed by atoms with Crippen LogP contribution in [0.2, 0.25) is 0 Å². The number of fused-ring (bicyclic) bond motifs is 1. The van der Waals surface area contributed by atoms with Crippen LogP contribution in [0.3, 0.4) is 0 Å². The van der Waals surface area contributed by atoms with Crippen LogP contribution in [0.1, 0.15) is 44.3 Å². The molecule has 0 atom stereocenters. The summed E-state index contributed by atoms with van der Waals surface area (Å²) in [6.07, 6.45) is 5.95. The number of H-pyrrole nitrogens is 1. The number of aromatic nitrogens is 2. The highest BCUT2D eigenvalue weighted by Gasteiger charge is 2.15. The highest BCUT2D eigenvalue weighted by atomic mass is 16.2. The summed E-state index contributed by atoms with van der Waals surface area (Å²) in [4.78, 5) is 31.3. The minimum atomic E-state index is -0.183. The number of nitrogens with zero attached hydrogens (tertiary/aromatic N) is 1. The van der Waals surface area contributed by atoms with E-state index >= 15 is 0 Å². The Kier molecular flexibility index (Phi) is 5.87. The SMILES string of the molecule is O=C(CCNC(=O)NC1CCCCC1)NCc1nc2ccccc2[nH]1. The molecule has 2 aromatic rings. The minimum absolute atomic E-state index is 0.113. The first-order valence-corrected chi connectivity index (χ1v) is 8.95. The number of benzene rings is 1. The first-order valence-electron chi connectivity index (χ1n) is 8.95. The number of hydrogen-bond donors (Lipinski definition) is 4. The molecule has 25 heavy (non-hydrogen) atoms. The monoisotopic (exact) mass is 343 g/mol. The average molecular weight is 343 g/mol. The first kappa shape index (κ1) is 17.3. The van der Waals surface area contributed by atoms with Crippen molar-refractivity contribution >= 4 is 23.0 Å². The summed E-state index contributed by atoms with van der Waals surface area (Å²) in [6, 6.07) is 7.82. The van der Waals surface area contributed by atoms with Crippen LogP contribution in [-0.4, -0.2) is 34.5 Å². The fourth-order valence-electron chi connectivity index (χ4n) is 3.13. The molecule has 0 spiro atoms. The number of amides is 3. The van der Waals surface area contributed by atoms with Crippen molar-refractivity contribution in [3.8, 4) is 0 Å². The number of nitrogens with one attached hydrogen (secondary N) is 4. The van der Waals surface area contributed by atoms with Crippen molar-refractivity contribution in [2.24, 2.45) is 0 Å². The Morgan fingerprint density at radius 2 is 1.92 bits per heavy atom. The first-order chi connectivity index (χ1) is 12.2. The number of rotatable bonds is 6. The minimum Gasteiger partial charge on any atom is -0.349 e. The molecule has 7 nitrogen and oxygen atoms in total. The van der Waals surface area contributed by atoms with Crippen LogP contribution < -0.4 is 16.0 Å². The zero-order chi connectivity index (χ0) is 17.5. The second kappa shape index (κ2) is 8.50. The summed E-state index contributed by atoms with van der Waals surface area (Å²) < 4.78 is 0. The van der Waals surface area contributed by atoms with Gasteiger partial charge in [-0.25, -0.2) is 9.78 Å². The average Bonchev–Trinajstić information content (AvgIpc) is 3.04. The highest BCUT2D eigenvalue weighted by molar-refractivity contribution is 5.78. The Labute approximate surface area is 147 Å². The number of para-hydroxylation sites is 2. The van der Waals surface area contributed by atoms with Gasteiger partial charge in [-0.1, -0.05) is 31.4 Å². The summed E-state index contributed by atoms with van der Waals surface area (Å²) in [5.41, 5.74) is 1.83. The summed E-state index contributed by atoms with van der Waals surface area (Å²) in [6.45, 7) is 0.673. The molecule has 0 aliphatic heterocycles. The van der Waals surface area contributed by atoms with Crippen molar-refractivity contribution in [2.75, 3.05) is 6.54 Å². The van der Waals surface area contributed by atoms with E-state index in [0.717, 1.165) is 29.7 Å². The molecule has 4 N–H and O–H groups in total. The van der Waals surface area contributed by atoms with Gasteiger partial charge >= 0.3 is 6.03 Å². The number of aromatic amines is 1. The van der Waals surface area contributed by atoms with Gasteiger partial charge in [-0.3, -0.25) is 4.79 Å². The standard InChI is InChI=1S/C18H25N5O2/c24-17(10-11-19-18(25)21-13-6-2-1-3-7-13)20-12-16-22-14-8-4-5-9-15(14)23-16/h4-5,8-9,13H,1-3,6-7,10-12H2,(H,20,24)(H,22,23)(H2,19,21,25). The lowest BCUT2D eigenvalue weighted by molar-refractivity contribution is -0.121. The van der Waals surface area contributed by atoms with E-state index in [0.29, 0.717) is 13.1 Å². The number of carbonyl (C=O) groups is 2. The van der Waals surface area contributed by atoms with Gasteiger partial charge in [-0.05, 0) is 25.0 Å². The second-order valence-corrected chi connectivity index (χ2v) is 6.46. The van der Waals surface area contributed by atoms with E-state index in [1.54, 1.807) is 0 Å². The third kappa shape index (κ3) is 5.20. The van der Waals surface area contributed by atoms with Gasteiger partial charge in [-0.2, -0.15) is 0 Å². The molecule has 0 saturated heterocycles. The summed E-state index contributed by atoms with van der Waals surface area (Å²) in [5.74, 6) is 0.607. The van der Waals surface area contributed by atoms with Gasteiger partial charge in [0.25, 0.3) is 0 Å². The molecule has 3 rings (SSSR count). The van der Waals surface area contributed by atoms with Gasteiger partial charge in [0.15, 0.2) is 0 Å². The van der Waals surface area contributed by atoms with Gasteiger partial charge in [0.05, 0.1) is 17.6 Å². The molecule has 0 unspecified atom stereocenters. The van der Waals surface area contributed by atoms with Crippen molar-refractivity contribution in [1.29, 1.82) is 0 Å². The van der Waals surface area contributed by atoms with Crippen LogP contribution in [0.5, 0.6) is 0 Å². The second-order valence-electron chi connectivity index (χ2n) is 6.46. The van der Waals surface area contributed by atoms with Crippen molar-refractivity contribution in [1.82, 2.24) is 25.9 Å². The molecule has 1 heterocycles. The van der Waals surface area contributed by atoms with Crippen molar-refractivity contribution in [3.63, 3.8) is 0 Å². The molecule has 1 aliphatic rings. The predicted molar refractivity (Wildman–Crippen MR) is 96.0 cm³/mol. The molecule has 0 radical (unpaired) electrons. The van der Waals surface area contributed by atoms with E-state index in [1.165, 1.54) is 19.3 Å². The number of urea groups is 1. The maximum Gasteiger partial charge on any atom is 0.315 e. The van der Waals surface area contributed by atoms with E-state index in [-0.39, 0.29) is 24.4 Å². The Morgan fingerprint density at radius 3 is 2.72 bits per heavy atom. The number of hydrogen-bond acceptors (Lipinski definition) is 3. The fraction of sp³-hybridized carbons (Fsp3) is 0.500. The van der Waals surface area contributed by atoms with Crippen molar-refractivity contribution in [3.05, 3.63) is 30.1 Å². The van der Waals surface area contributed by atoms with E-state index in [9.17, 15) is 9.59 Å². The highest BCUT2D eigenvalue weighted by Crippen LogP contribution is 2.17. The zero-order valence-electron chi connectivity index (χ0n) is 14.3. The van der Waals surface area contributed by atoms with Gasteiger partial charge in [0, 0.05) is 19.0 Å².